The SMILES string of the molecule is O=C(CN1CCC(SC(=O)c2ccccc2)C1)c1ccccc1. The van der Waals surface area contributed by atoms with Gasteiger partial charge in [0, 0.05) is 22.9 Å². The fourth-order valence-electron chi connectivity index (χ4n) is 2.75. The zero-order valence-corrected chi connectivity index (χ0v) is 13.7. The zero-order chi connectivity index (χ0) is 16.1. The Labute approximate surface area is 140 Å². The summed E-state index contributed by atoms with van der Waals surface area (Å²) in [5.74, 6) is 0.144. The molecule has 0 radical (unpaired) electrons. The Bertz CT molecular complexity index is 613. The van der Waals surface area contributed by atoms with Gasteiger partial charge in [0.25, 0.3) is 0 Å². The molecule has 0 saturated carbocycles. The van der Waals surface area contributed by atoms with Crippen molar-refractivity contribution in [3.63, 3.8) is 0 Å². The van der Waals surface area contributed by atoms with Crippen molar-refractivity contribution in [1.29, 1.82) is 0 Å². The molecule has 0 N–H and O–H groups in total. The molecule has 1 heterocycles. The molecular weight excluding hydrogens is 306 g/mol. The predicted molar refractivity (Wildman–Crippen MR) is 94.0 cm³/mol. The monoisotopic (exact) mass is 325 g/mol. The van der Waals surface area contributed by atoms with E-state index in [-0.39, 0.29) is 16.1 Å². The standard InChI is InChI=1S/C19H19NO2S/c21-18(15-7-3-1-4-8-15)14-20-12-11-17(13-20)23-19(22)16-9-5-2-6-10-16/h1-10,17H,11-14H2. The van der Waals surface area contributed by atoms with Crippen LogP contribution >= 0.6 is 11.8 Å². The first-order valence-electron chi connectivity index (χ1n) is 7.79. The minimum Gasteiger partial charge on any atom is -0.295 e. The highest BCUT2D eigenvalue weighted by molar-refractivity contribution is 8.14. The van der Waals surface area contributed by atoms with Gasteiger partial charge in [0.1, 0.15) is 0 Å². The van der Waals surface area contributed by atoms with Gasteiger partial charge >= 0.3 is 0 Å². The highest BCUT2D eigenvalue weighted by atomic mass is 32.2. The van der Waals surface area contributed by atoms with Crippen LogP contribution in [-0.2, 0) is 0 Å². The van der Waals surface area contributed by atoms with E-state index in [4.69, 9.17) is 0 Å². The van der Waals surface area contributed by atoms with Crippen LogP contribution in [0.1, 0.15) is 27.1 Å². The van der Waals surface area contributed by atoms with Crippen LogP contribution in [0.3, 0.4) is 0 Å². The maximum absolute atomic E-state index is 12.2. The number of carbonyl (C=O) groups excluding carboxylic acids is 2. The van der Waals surface area contributed by atoms with Crippen molar-refractivity contribution < 1.29 is 9.59 Å². The average Bonchev–Trinajstić information content (AvgIpc) is 3.03. The van der Waals surface area contributed by atoms with Gasteiger partial charge in [0.05, 0.1) is 6.54 Å². The molecule has 118 valence electrons. The molecule has 1 unspecified atom stereocenters. The third-order valence-electron chi connectivity index (χ3n) is 3.98. The van der Waals surface area contributed by atoms with Gasteiger partial charge in [-0.25, -0.2) is 0 Å². The van der Waals surface area contributed by atoms with E-state index in [0.29, 0.717) is 6.54 Å². The van der Waals surface area contributed by atoms with Gasteiger partial charge in [-0.3, -0.25) is 14.5 Å². The molecule has 23 heavy (non-hydrogen) atoms. The van der Waals surface area contributed by atoms with Crippen LogP contribution in [0.25, 0.3) is 0 Å². The lowest BCUT2D eigenvalue weighted by molar-refractivity contribution is 0.0945. The second-order valence-electron chi connectivity index (χ2n) is 5.71. The number of likely N-dealkylation sites (tertiary alicyclic amines) is 1. The number of thioether (sulfide) groups is 1. The summed E-state index contributed by atoms with van der Waals surface area (Å²) < 4.78 is 0. The topological polar surface area (TPSA) is 37.4 Å². The Hall–Kier alpha value is -1.91. The molecule has 1 saturated heterocycles. The zero-order valence-electron chi connectivity index (χ0n) is 12.9. The van der Waals surface area contributed by atoms with Crippen molar-refractivity contribution >= 4 is 22.7 Å². The Morgan fingerprint density at radius 2 is 1.57 bits per heavy atom. The molecule has 0 aliphatic carbocycles. The first-order chi connectivity index (χ1) is 11.2. The van der Waals surface area contributed by atoms with Crippen LogP contribution in [-0.4, -0.2) is 40.7 Å². The Balaban J connectivity index is 1.51. The molecular formula is C19H19NO2S. The number of ketones is 1. The molecule has 1 aliphatic heterocycles. The molecule has 2 aromatic carbocycles. The summed E-state index contributed by atoms with van der Waals surface area (Å²) in [7, 11) is 0. The van der Waals surface area contributed by atoms with Crippen molar-refractivity contribution in [3.05, 3.63) is 71.8 Å². The average molecular weight is 325 g/mol. The first kappa shape index (κ1) is 16.0. The van der Waals surface area contributed by atoms with E-state index in [9.17, 15) is 9.59 Å². The summed E-state index contributed by atoms with van der Waals surface area (Å²) in [6.07, 6.45) is 0.950. The van der Waals surface area contributed by atoms with Gasteiger partial charge < -0.3 is 0 Å². The summed E-state index contributed by atoms with van der Waals surface area (Å²) in [4.78, 5) is 26.6. The smallest absolute Gasteiger partial charge is 0.219 e. The number of benzene rings is 2. The highest BCUT2D eigenvalue weighted by Gasteiger charge is 2.27. The molecule has 1 aliphatic rings. The molecule has 1 fully saturated rings. The lowest BCUT2D eigenvalue weighted by atomic mass is 10.1. The molecule has 3 rings (SSSR count). The van der Waals surface area contributed by atoms with Crippen molar-refractivity contribution in [2.45, 2.75) is 11.7 Å². The van der Waals surface area contributed by atoms with Crippen molar-refractivity contribution in [2.24, 2.45) is 0 Å². The van der Waals surface area contributed by atoms with E-state index in [1.54, 1.807) is 0 Å². The minimum atomic E-state index is 0.117. The van der Waals surface area contributed by atoms with Gasteiger partial charge in [-0.05, 0) is 13.0 Å². The summed E-state index contributed by atoms with van der Waals surface area (Å²) in [6, 6.07) is 18.8. The van der Waals surface area contributed by atoms with Crippen LogP contribution in [0, 0.1) is 0 Å². The van der Waals surface area contributed by atoms with Gasteiger partial charge in [-0.15, -0.1) is 0 Å². The van der Waals surface area contributed by atoms with Crippen molar-refractivity contribution in [2.75, 3.05) is 19.6 Å². The third kappa shape index (κ3) is 4.30. The van der Waals surface area contributed by atoms with E-state index >= 15 is 0 Å². The Morgan fingerprint density at radius 1 is 0.957 bits per heavy atom. The van der Waals surface area contributed by atoms with Crippen molar-refractivity contribution in [3.8, 4) is 0 Å². The second kappa shape index (κ2) is 7.57. The van der Waals surface area contributed by atoms with E-state index in [2.05, 4.69) is 4.90 Å². The number of hydrogen-bond acceptors (Lipinski definition) is 4. The minimum absolute atomic E-state index is 0.117. The quantitative estimate of drug-likeness (QED) is 0.788. The fourth-order valence-corrected chi connectivity index (χ4v) is 3.83. The number of hydrogen-bond donors (Lipinski definition) is 0. The molecule has 3 nitrogen and oxygen atoms in total. The van der Waals surface area contributed by atoms with E-state index in [0.717, 1.165) is 30.6 Å². The molecule has 0 spiro atoms. The number of Topliss-reactive ketones (excluding diaryl/α,β-unsaturated/α-hetero) is 1. The summed E-state index contributed by atoms with van der Waals surface area (Å²) in [5.41, 5.74) is 1.50. The van der Waals surface area contributed by atoms with E-state index in [1.807, 2.05) is 60.7 Å². The molecule has 0 bridgehead atoms. The largest absolute Gasteiger partial charge is 0.295 e. The Morgan fingerprint density at radius 3 is 2.22 bits per heavy atom. The third-order valence-corrected chi connectivity index (χ3v) is 5.14. The molecule has 0 aromatic heterocycles. The van der Waals surface area contributed by atoms with Gasteiger partial charge in [-0.1, -0.05) is 72.4 Å². The van der Waals surface area contributed by atoms with E-state index < -0.39 is 0 Å². The second-order valence-corrected chi connectivity index (χ2v) is 6.98. The molecule has 0 amide bonds. The van der Waals surface area contributed by atoms with Crippen LogP contribution in [0.5, 0.6) is 0 Å². The normalized spacial score (nSPS) is 18.0. The molecule has 4 heteroatoms. The lowest BCUT2D eigenvalue weighted by Gasteiger charge is -2.14. The van der Waals surface area contributed by atoms with Crippen LogP contribution in [0.15, 0.2) is 60.7 Å². The van der Waals surface area contributed by atoms with Gasteiger partial charge in [0.2, 0.25) is 5.12 Å². The summed E-state index contributed by atoms with van der Waals surface area (Å²) >= 11 is 1.40. The Kier molecular flexibility index (Phi) is 5.26. The summed E-state index contributed by atoms with van der Waals surface area (Å²) in [5, 5.41) is 0.387. The lowest BCUT2D eigenvalue weighted by Crippen LogP contribution is -2.28. The van der Waals surface area contributed by atoms with Gasteiger partial charge in [-0.2, -0.15) is 0 Å². The van der Waals surface area contributed by atoms with Crippen LogP contribution in [0.4, 0.5) is 0 Å². The van der Waals surface area contributed by atoms with E-state index in [1.165, 1.54) is 11.8 Å². The maximum atomic E-state index is 12.2. The first-order valence-corrected chi connectivity index (χ1v) is 8.67. The molecule has 2 aromatic rings. The number of carbonyl (C=O) groups is 2. The predicted octanol–water partition coefficient (Wildman–Crippen LogP) is 3.52. The van der Waals surface area contributed by atoms with Crippen LogP contribution < -0.4 is 0 Å². The van der Waals surface area contributed by atoms with Crippen molar-refractivity contribution in [1.82, 2.24) is 4.90 Å². The summed E-state index contributed by atoms with van der Waals surface area (Å²) in [6.45, 7) is 2.10. The number of rotatable bonds is 5. The van der Waals surface area contributed by atoms with Crippen LogP contribution in [0.2, 0.25) is 0 Å². The highest BCUT2D eigenvalue weighted by Crippen LogP contribution is 2.26. The maximum Gasteiger partial charge on any atom is 0.219 e. The molecule has 1 atom stereocenters. The fraction of sp³-hybridized carbons (Fsp3) is 0.263. The van der Waals surface area contributed by atoms with Gasteiger partial charge in [0.15, 0.2) is 5.78 Å². The number of nitrogens with zero attached hydrogens (tertiary/aromatic N) is 1.